The highest BCUT2D eigenvalue weighted by molar-refractivity contribution is 5.87. The molecule has 0 N–H and O–H groups in total. The number of hydrogen-bond donors (Lipinski definition) is 0. The van der Waals surface area contributed by atoms with E-state index in [4.69, 9.17) is 9.73 Å². The average molecular weight is 280 g/mol. The first-order chi connectivity index (χ1) is 10.4. The van der Waals surface area contributed by atoms with Crippen LogP contribution in [0.4, 0.5) is 5.69 Å². The minimum Gasteiger partial charge on any atom is -0.378 e. The Morgan fingerprint density at radius 2 is 1.52 bits per heavy atom. The summed E-state index contributed by atoms with van der Waals surface area (Å²) in [7, 11) is 0. The highest BCUT2D eigenvalue weighted by atomic mass is 16.5. The molecule has 0 radical (unpaired) electrons. The normalized spacial score (nSPS) is 16.0. The summed E-state index contributed by atoms with van der Waals surface area (Å²) in [5.41, 5.74) is 2.30. The van der Waals surface area contributed by atoms with Gasteiger partial charge in [0.05, 0.1) is 18.9 Å². The maximum absolute atomic E-state index is 5.45. The van der Waals surface area contributed by atoms with Gasteiger partial charge in [-0.05, 0) is 17.7 Å². The second-order valence-electron chi connectivity index (χ2n) is 5.13. The molecule has 1 aliphatic heterocycles. The van der Waals surface area contributed by atoms with Crippen molar-refractivity contribution in [2.75, 3.05) is 26.3 Å². The Kier molecular flexibility index (Phi) is 4.64. The molecule has 1 heterocycles. The van der Waals surface area contributed by atoms with E-state index in [1.165, 1.54) is 5.56 Å². The number of nitrogens with zero attached hydrogens (tertiary/aromatic N) is 2. The maximum atomic E-state index is 5.45. The van der Waals surface area contributed by atoms with Gasteiger partial charge in [0.1, 0.15) is 5.84 Å². The Bertz CT molecular complexity index is 575. The number of hydrogen-bond acceptors (Lipinski definition) is 2. The highest BCUT2D eigenvalue weighted by Crippen LogP contribution is 2.14. The van der Waals surface area contributed by atoms with Crippen LogP contribution >= 0.6 is 0 Å². The van der Waals surface area contributed by atoms with Crippen molar-refractivity contribution in [2.24, 2.45) is 4.99 Å². The van der Waals surface area contributed by atoms with Gasteiger partial charge in [0.15, 0.2) is 0 Å². The van der Waals surface area contributed by atoms with E-state index in [1.807, 2.05) is 36.4 Å². The first-order valence-electron chi connectivity index (χ1n) is 7.41. The van der Waals surface area contributed by atoms with Crippen molar-refractivity contribution >= 4 is 11.5 Å². The van der Waals surface area contributed by atoms with E-state index in [2.05, 4.69) is 29.2 Å². The van der Waals surface area contributed by atoms with Crippen LogP contribution in [0.5, 0.6) is 0 Å². The molecule has 108 valence electrons. The molecule has 21 heavy (non-hydrogen) atoms. The largest absolute Gasteiger partial charge is 0.378 e. The summed E-state index contributed by atoms with van der Waals surface area (Å²) >= 11 is 0. The summed E-state index contributed by atoms with van der Waals surface area (Å²) in [6, 6.07) is 20.7. The van der Waals surface area contributed by atoms with Crippen molar-refractivity contribution in [1.82, 2.24) is 4.90 Å². The zero-order valence-corrected chi connectivity index (χ0v) is 12.1. The van der Waals surface area contributed by atoms with E-state index < -0.39 is 0 Å². The summed E-state index contributed by atoms with van der Waals surface area (Å²) in [5, 5.41) is 0. The zero-order chi connectivity index (χ0) is 14.3. The van der Waals surface area contributed by atoms with E-state index in [0.29, 0.717) is 0 Å². The van der Waals surface area contributed by atoms with Gasteiger partial charge in [-0.3, -0.25) is 0 Å². The minimum absolute atomic E-state index is 0.780. The third kappa shape index (κ3) is 3.92. The molecule has 0 unspecified atom stereocenters. The Morgan fingerprint density at radius 3 is 2.19 bits per heavy atom. The van der Waals surface area contributed by atoms with Crippen LogP contribution in [0.1, 0.15) is 5.56 Å². The quantitative estimate of drug-likeness (QED) is 0.636. The molecular weight excluding hydrogens is 260 g/mol. The second-order valence-corrected chi connectivity index (χ2v) is 5.13. The van der Waals surface area contributed by atoms with Gasteiger partial charge >= 0.3 is 0 Å². The van der Waals surface area contributed by atoms with Gasteiger partial charge in [0.2, 0.25) is 0 Å². The van der Waals surface area contributed by atoms with Crippen LogP contribution in [0.25, 0.3) is 0 Å². The van der Waals surface area contributed by atoms with Crippen LogP contribution in [-0.4, -0.2) is 37.0 Å². The fourth-order valence-electron chi connectivity index (χ4n) is 2.47. The standard InChI is InChI=1S/C18H20N2O/c1-3-7-16(8-4-1)15-18(20-11-13-21-14-12-20)19-17-9-5-2-6-10-17/h1-10H,11-15H2. The first-order valence-corrected chi connectivity index (χ1v) is 7.41. The van der Waals surface area contributed by atoms with Gasteiger partial charge < -0.3 is 9.64 Å². The number of rotatable bonds is 3. The molecule has 2 aromatic rings. The van der Waals surface area contributed by atoms with Crippen LogP contribution < -0.4 is 0 Å². The molecule has 1 aliphatic rings. The van der Waals surface area contributed by atoms with Crippen LogP contribution in [0.3, 0.4) is 0 Å². The number of morpholine rings is 1. The van der Waals surface area contributed by atoms with Crippen molar-refractivity contribution in [3.63, 3.8) is 0 Å². The molecule has 0 aromatic heterocycles. The molecule has 0 aliphatic carbocycles. The first kappa shape index (κ1) is 13.8. The Labute approximate surface area is 125 Å². The lowest BCUT2D eigenvalue weighted by atomic mass is 10.1. The molecule has 3 rings (SSSR count). The average Bonchev–Trinajstić information content (AvgIpc) is 2.57. The molecule has 0 saturated carbocycles. The van der Waals surface area contributed by atoms with Crippen molar-refractivity contribution in [2.45, 2.75) is 6.42 Å². The predicted molar refractivity (Wildman–Crippen MR) is 86.1 cm³/mol. The number of aliphatic imine (C=N–C) groups is 1. The number of amidine groups is 1. The van der Waals surface area contributed by atoms with Crippen molar-refractivity contribution in [1.29, 1.82) is 0 Å². The smallest absolute Gasteiger partial charge is 0.109 e. The van der Waals surface area contributed by atoms with Gasteiger partial charge in [-0.1, -0.05) is 48.5 Å². The number of para-hydroxylation sites is 1. The SMILES string of the molecule is c1ccc(CC(=Nc2ccccc2)N2CCOCC2)cc1. The monoisotopic (exact) mass is 280 g/mol. The lowest BCUT2D eigenvalue weighted by Gasteiger charge is -2.30. The zero-order valence-electron chi connectivity index (χ0n) is 12.1. The molecule has 0 spiro atoms. The van der Waals surface area contributed by atoms with Crippen molar-refractivity contribution in [3.05, 3.63) is 66.2 Å². The molecule has 2 aromatic carbocycles. The van der Waals surface area contributed by atoms with Crippen molar-refractivity contribution in [3.8, 4) is 0 Å². The van der Waals surface area contributed by atoms with Crippen LogP contribution in [0.15, 0.2) is 65.7 Å². The van der Waals surface area contributed by atoms with E-state index >= 15 is 0 Å². The van der Waals surface area contributed by atoms with Crippen molar-refractivity contribution < 1.29 is 4.74 Å². The fraction of sp³-hybridized carbons (Fsp3) is 0.278. The van der Waals surface area contributed by atoms with Crippen LogP contribution in [-0.2, 0) is 11.2 Å². The van der Waals surface area contributed by atoms with Crippen LogP contribution in [0, 0.1) is 0 Å². The summed E-state index contributed by atoms with van der Waals surface area (Å²) in [4.78, 5) is 7.20. The van der Waals surface area contributed by atoms with E-state index in [-0.39, 0.29) is 0 Å². The molecule has 0 bridgehead atoms. The lowest BCUT2D eigenvalue weighted by molar-refractivity contribution is 0.0674. The maximum Gasteiger partial charge on any atom is 0.109 e. The van der Waals surface area contributed by atoms with Crippen LogP contribution in [0.2, 0.25) is 0 Å². The Balaban J connectivity index is 1.85. The predicted octanol–water partition coefficient (Wildman–Crippen LogP) is 3.29. The molecule has 3 heteroatoms. The Morgan fingerprint density at radius 1 is 0.905 bits per heavy atom. The van der Waals surface area contributed by atoms with Gasteiger partial charge in [0, 0.05) is 19.5 Å². The number of benzene rings is 2. The topological polar surface area (TPSA) is 24.8 Å². The molecule has 0 atom stereocenters. The fourth-order valence-corrected chi connectivity index (χ4v) is 2.47. The minimum atomic E-state index is 0.780. The third-order valence-electron chi connectivity index (χ3n) is 3.60. The molecule has 1 saturated heterocycles. The molecule has 3 nitrogen and oxygen atoms in total. The molecule has 1 fully saturated rings. The van der Waals surface area contributed by atoms with Gasteiger partial charge in [-0.2, -0.15) is 0 Å². The van der Waals surface area contributed by atoms with E-state index in [0.717, 1.165) is 44.2 Å². The Hall–Kier alpha value is -2.13. The summed E-state index contributed by atoms with van der Waals surface area (Å²) in [5.74, 6) is 1.12. The second kappa shape index (κ2) is 7.04. The van der Waals surface area contributed by atoms with E-state index in [1.54, 1.807) is 0 Å². The van der Waals surface area contributed by atoms with E-state index in [9.17, 15) is 0 Å². The third-order valence-corrected chi connectivity index (χ3v) is 3.60. The van der Waals surface area contributed by atoms with Gasteiger partial charge in [-0.25, -0.2) is 4.99 Å². The highest BCUT2D eigenvalue weighted by Gasteiger charge is 2.15. The molecular formula is C18H20N2O. The van der Waals surface area contributed by atoms with Gasteiger partial charge in [0.25, 0.3) is 0 Å². The number of ether oxygens (including phenoxy) is 1. The summed E-state index contributed by atoms with van der Waals surface area (Å²) < 4.78 is 5.45. The lowest BCUT2D eigenvalue weighted by Crippen LogP contribution is -2.41. The summed E-state index contributed by atoms with van der Waals surface area (Å²) in [6.07, 6.45) is 0.857. The molecule has 0 amide bonds. The summed E-state index contributed by atoms with van der Waals surface area (Å²) in [6.45, 7) is 3.39. The van der Waals surface area contributed by atoms with Gasteiger partial charge in [-0.15, -0.1) is 0 Å².